The summed E-state index contributed by atoms with van der Waals surface area (Å²) < 4.78 is 61.7. The van der Waals surface area contributed by atoms with Crippen LogP contribution in [-0.2, 0) is 27.8 Å². The van der Waals surface area contributed by atoms with Crippen LogP contribution in [0.3, 0.4) is 0 Å². The first-order valence-electron chi connectivity index (χ1n) is 37.9. The van der Waals surface area contributed by atoms with Gasteiger partial charge in [-0.25, -0.2) is 31.8 Å². The fourth-order valence-corrected chi connectivity index (χ4v) is 13.7. The Balaban J connectivity index is 0.000000192. The van der Waals surface area contributed by atoms with E-state index in [1.165, 1.54) is 26.4 Å². The van der Waals surface area contributed by atoms with E-state index in [2.05, 4.69) is 253 Å². The highest BCUT2D eigenvalue weighted by Crippen LogP contribution is 2.48. The number of nitrogens with zero attached hydrogens (tertiary/aromatic N) is 8. The lowest BCUT2D eigenvalue weighted by Gasteiger charge is -2.37. The number of benzene rings is 11. The Morgan fingerprint density at radius 1 is 0.387 bits per heavy atom. The van der Waals surface area contributed by atoms with Crippen LogP contribution in [0.1, 0.15) is 176 Å². The van der Waals surface area contributed by atoms with Gasteiger partial charge in [0.05, 0.1) is 75.5 Å². The number of hydrazone groups is 4. The minimum Gasteiger partial charge on any atom is -0.493 e. The molecule has 632 valence electrons. The average molecular weight is 1730 g/mol. The number of nitriles is 2. The molecule has 0 aromatic heterocycles. The molecule has 0 radical (unpaired) electrons. The first kappa shape index (κ1) is 91.8. The summed E-state index contributed by atoms with van der Waals surface area (Å²) in [6.45, 7) is 27.5. The predicted molar refractivity (Wildman–Crippen MR) is 474 cm³/mol. The van der Waals surface area contributed by atoms with E-state index in [0.717, 1.165) is 96.1 Å². The molecule has 0 spiro atoms. The first-order chi connectivity index (χ1) is 59.5. The summed E-state index contributed by atoms with van der Waals surface area (Å²) in [7, 11) is 2.03. The molecule has 15 rings (SSSR count). The molecule has 0 amide bonds. The normalized spacial score (nSPS) is 12.9. The zero-order chi connectivity index (χ0) is 89.4. The lowest BCUT2D eigenvalue weighted by atomic mass is 9.64. The van der Waals surface area contributed by atoms with E-state index >= 15 is 0 Å². The van der Waals surface area contributed by atoms with E-state index < -0.39 is 40.2 Å². The average Bonchev–Trinajstić information content (AvgIpc) is 1.01. The van der Waals surface area contributed by atoms with Crippen molar-refractivity contribution in [3.05, 3.63) is 389 Å². The number of carbonyl (C=O) groups excluding carboxylic acids is 3. The van der Waals surface area contributed by atoms with Gasteiger partial charge < -0.3 is 9.47 Å². The number of rotatable bonds is 17. The van der Waals surface area contributed by atoms with Gasteiger partial charge in [0.15, 0.2) is 46.2 Å². The highest BCUT2D eigenvalue weighted by molar-refractivity contribution is 6.68. The lowest BCUT2D eigenvalue weighted by Crippen LogP contribution is -2.36. The van der Waals surface area contributed by atoms with Gasteiger partial charge in [-0.3, -0.25) is 40.5 Å². The van der Waals surface area contributed by atoms with Crippen LogP contribution < -0.4 is 75.5 Å². The Kier molecular flexibility index (Phi) is 31.2. The monoisotopic (exact) mass is 1730 g/mol. The minimum atomic E-state index is -4.44. The third-order valence-corrected chi connectivity index (χ3v) is 20.3. The number of amidine groups is 4. The van der Waals surface area contributed by atoms with Gasteiger partial charge in [-0.15, -0.1) is 42.5 Å². The molecule has 4 aliphatic heterocycles. The third kappa shape index (κ3) is 22.2. The van der Waals surface area contributed by atoms with Gasteiger partial charge in [0.1, 0.15) is 0 Å². The number of halogens is 7. The lowest BCUT2D eigenvalue weighted by molar-refractivity contribution is -0.137. The van der Waals surface area contributed by atoms with E-state index in [9.17, 15) is 42.5 Å². The van der Waals surface area contributed by atoms with Crippen LogP contribution >= 0.6 is 34.8 Å². The van der Waals surface area contributed by atoms with Gasteiger partial charge in [-0.05, 0) is 168 Å². The van der Waals surface area contributed by atoms with Gasteiger partial charge in [0.2, 0.25) is 0 Å². The Hall–Kier alpha value is -14.5. The number of alkyl halides is 4. The fraction of sp³-hybridized carbons (Fsp3) is 0.163. The first-order valence-corrected chi connectivity index (χ1v) is 38.4. The molecule has 0 unspecified atom stereocenters. The highest BCUT2D eigenvalue weighted by atomic mass is 35.5. The minimum absolute atomic E-state index is 0. The Bertz CT molecular complexity index is 5390. The largest absolute Gasteiger partial charge is 0.493 e. The van der Waals surface area contributed by atoms with Crippen LogP contribution in [0.25, 0.3) is 9.69 Å². The standard InChI is InChI=1S/C29H28N16.C29H16N4.C15H21ClO.C9H9ClO3.C8H4ClF3O.CH3F.CH4/c1-9-21(10-2-17(1)25-30-38-39-31-25)29(22-11-3-18(4-12-22)26-32-40-41-33-26,23-13-5-19(6-14-23)27-34-42-43-35-27)24-15-7-20(8-16-24)28-36-44-45-37-28;1-32-27-15-11-25(12-16-27)29(23-7-3-21(19-30)4-8-23,24-9-5-22(20-31)6-10-24)26-13-17-28(33-2)18-14-26;1-14(2,3)11-7-10(13(16)17)8-12(9-11)15(4,5)6;1-12-7-4-3-6(9(10)11)5-8(7)13-2;9-7(13)5-2-1-3-6(4-5)8(10,11)12;1-2;/h1-16,38-45H,(H,30,31)(H,32,33)(H,34,35)(H,36,37);3-18H;7-9H,1-6H3;3-5H,1-2H3;1-4H;1H3;1H4/i;;;;;1D;. The number of hydrazine groups is 8. The van der Waals surface area contributed by atoms with Crippen LogP contribution in [0.4, 0.5) is 28.9 Å². The molecule has 11 aromatic carbocycles. The molecule has 25 nitrogen and oxygen atoms in total. The van der Waals surface area contributed by atoms with E-state index in [-0.39, 0.29) is 29.1 Å². The molecule has 4 aliphatic rings. The van der Waals surface area contributed by atoms with Crippen LogP contribution in [-0.4, -0.2) is 60.4 Å². The SMILES string of the molecule is C.CC(C)(C)c1cc(C(=O)Cl)cc(C(C)(C)C)c1.COc1ccc(C(=O)Cl)cc1OC.O=C(Cl)c1cccc(C(F)(F)F)c1.[2H]CF.[C-]#[N+]c1ccc(C(c2ccc(C#N)cc2)(c2ccc(C#N)cc2)c2ccc([N+]#[C-])cc2)cc1.c1cc(C(c2ccc(C3=NNNN3)cc2)(c2ccc(C3=NNNN3)cc2)c2ccc(C3=NNNN3)cc2)ccc1C1=NNNN1. The molecular formula is C92H85Cl3F4N20O5. The van der Waals surface area contributed by atoms with E-state index in [0.29, 0.717) is 68.5 Å². The second-order valence-corrected chi connectivity index (χ2v) is 30.1. The molecule has 32 heteroatoms. The number of carbonyl (C=O) groups is 3. The van der Waals surface area contributed by atoms with Crippen molar-refractivity contribution in [2.24, 2.45) is 20.4 Å². The molecule has 0 fully saturated rings. The van der Waals surface area contributed by atoms with Crippen LogP contribution in [0.2, 0.25) is 0 Å². The molecule has 0 saturated carbocycles. The second-order valence-electron chi connectivity index (χ2n) is 29.1. The van der Waals surface area contributed by atoms with Crippen molar-refractivity contribution >= 4 is 85.2 Å². The third-order valence-electron chi connectivity index (χ3n) is 19.7. The predicted octanol–water partition coefficient (Wildman–Crippen LogP) is 17.1. The molecule has 12 N–H and O–H groups in total. The number of nitrogens with one attached hydrogen (secondary N) is 12. The maximum atomic E-state index is 12.1. The zero-order valence-electron chi connectivity index (χ0n) is 68.2. The highest BCUT2D eigenvalue weighted by Gasteiger charge is 2.41. The van der Waals surface area contributed by atoms with E-state index in [1.807, 2.05) is 60.7 Å². The fourth-order valence-electron chi connectivity index (χ4n) is 13.4. The molecule has 0 saturated heterocycles. The number of hydrogen-bond acceptors (Lipinski definition) is 23. The van der Waals surface area contributed by atoms with Crippen molar-refractivity contribution in [2.75, 3.05) is 21.4 Å². The summed E-state index contributed by atoms with van der Waals surface area (Å²) in [5, 5.41) is 33.9. The topological polar surface area (TPSA) is 320 Å². The van der Waals surface area contributed by atoms with Crippen molar-refractivity contribution in [3.8, 4) is 23.6 Å². The quantitative estimate of drug-likeness (QED) is 0.0174. The zero-order valence-corrected chi connectivity index (χ0v) is 69.5. The van der Waals surface area contributed by atoms with Crippen molar-refractivity contribution in [1.29, 1.82) is 10.5 Å². The number of methoxy groups -OCH3 is 2. The summed E-state index contributed by atoms with van der Waals surface area (Å²) in [6, 6.07) is 82.5. The summed E-state index contributed by atoms with van der Waals surface area (Å²) in [5.41, 5.74) is 49.0. The summed E-state index contributed by atoms with van der Waals surface area (Å²) >= 11 is 15.9. The summed E-state index contributed by atoms with van der Waals surface area (Å²) in [6.07, 6.45) is -4.44. The van der Waals surface area contributed by atoms with E-state index in [4.69, 9.17) is 58.8 Å². The molecule has 0 aliphatic carbocycles. The van der Waals surface area contributed by atoms with Gasteiger partial charge in [0.25, 0.3) is 15.7 Å². The van der Waals surface area contributed by atoms with Crippen LogP contribution in [0.15, 0.2) is 275 Å². The number of hydrogen-bond donors (Lipinski definition) is 12. The smallest absolute Gasteiger partial charge is 0.416 e. The molecule has 0 atom stereocenters. The number of ether oxygens (including phenoxy) is 2. The van der Waals surface area contributed by atoms with Gasteiger partial charge in [-0.2, -0.15) is 23.7 Å². The Labute approximate surface area is 731 Å². The Morgan fingerprint density at radius 2 is 0.661 bits per heavy atom. The van der Waals surface area contributed by atoms with Gasteiger partial charge in [-0.1, -0.05) is 237 Å². The van der Waals surface area contributed by atoms with Gasteiger partial charge in [0, 0.05) is 38.9 Å². The maximum Gasteiger partial charge on any atom is 0.416 e. The maximum absolute atomic E-state index is 12.1. The summed E-state index contributed by atoms with van der Waals surface area (Å²) in [5.74, 6) is 3.89. The summed E-state index contributed by atoms with van der Waals surface area (Å²) in [4.78, 5) is 39.7. The van der Waals surface area contributed by atoms with E-state index in [1.54, 1.807) is 60.7 Å². The second kappa shape index (κ2) is 42.1. The van der Waals surface area contributed by atoms with Crippen molar-refractivity contribution in [2.45, 2.75) is 76.8 Å². The van der Waals surface area contributed by atoms with Crippen LogP contribution in [0, 0.1) is 35.8 Å². The molecular weight excluding hydrogens is 1650 g/mol. The Morgan fingerprint density at radius 3 is 0.903 bits per heavy atom. The van der Waals surface area contributed by atoms with Crippen molar-refractivity contribution < 1.29 is 42.8 Å². The molecule has 0 bridgehead atoms. The van der Waals surface area contributed by atoms with Crippen molar-refractivity contribution in [3.63, 3.8) is 0 Å². The van der Waals surface area contributed by atoms with Gasteiger partial charge >= 0.3 is 6.18 Å². The van der Waals surface area contributed by atoms with Crippen LogP contribution in [0.5, 0.6) is 11.5 Å². The molecule has 11 aromatic rings. The molecule has 124 heavy (non-hydrogen) atoms. The molecule has 4 heterocycles. The van der Waals surface area contributed by atoms with Crippen molar-refractivity contribution in [1.82, 2.24) is 66.0 Å².